The van der Waals surface area contributed by atoms with Crippen molar-refractivity contribution in [2.75, 3.05) is 43.5 Å². The molecule has 0 atom stereocenters. The molecule has 9 nitrogen and oxygen atoms in total. The number of rotatable bonds is 8. The van der Waals surface area contributed by atoms with Gasteiger partial charge in [-0.2, -0.15) is 4.31 Å². The molecule has 32 heavy (non-hydrogen) atoms. The van der Waals surface area contributed by atoms with Crippen molar-refractivity contribution in [3.63, 3.8) is 0 Å². The van der Waals surface area contributed by atoms with E-state index in [0.29, 0.717) is 43.4 Å². The monoisotopic (exact) mass is 461 g/mol. The van der Waals surface area contributed by atoms with Crippen LogP contribution >= 0.6 is 0 Å². The third kappa shape index (κ3) is 6.28. The van der Waals surface area contributed by atoms with Crippen LogP contribution in [0.4, 0.5) is 11.4 Å². The fourth-order valence-electron chi connectivity index (χ4n) is 2.94. The Balaban J connectivity index is 1.54. The fourth-order valence-corrected chi connectivity index (χ4v) is 4.35. The molecular weight excluding hydrogens is 434 g/mol. The number of nitrogens with zero attached hydrogens (tertiary/aromatic N) is 1. The molecule has 2 N–H and O–H groups in total. The van der Waals surface area contributed by atoms with Crippen LogP contribution in [0, 0.1) is 5.92 Å². The van der Waals surface area contributed by atoms with Crippen molar-refractivity contribution in [2.45, 2.75) is 18.7 Å². The lowest BCUT2D eigenvalue weighted by Gasteiger charge is -2.26. The first-order valence-electron chi connectivity index (χ1n) is 10.3. The maximum absolute atomic E-state index is 12.6. The smallest absolute Gasteiger partial charge is 0.262 e. The predicted octanol–water partition coefficient (Wildman–Crippen LogP) is 2.32. The third-order valence-electron chi connectivity index (χ3n) is 4.74. The summed E-state index contributed by atoms with van der Waals surface area (Å²) in [5.41, 5.74) is 1.04. The number of nitrogens with one attached hydrogen (secondary N) is 2. The lowest BCUT2D eigenvalue weighted by molar-refractivity contribution is -0.119. The van der Waals surface area contributed by atoms with E-state index >= 15 is 0 Å². The summed E-state index contributed by atoms with van der Waals surface area (Å²) in [6.45, 7) is 4.74. The van der Waals surface area contributed by atoms with Gasteiger partial charge in [0.1, 0.15) is 5.75 Å². The largest absolute Gasteiger partial charge is 0.484 e. The number of benzene rings is 2. The number of anilines is 2. The maximum Gasteiger partial charge on any atom is 0.262 e. The normalized spacial score (nSPS) is 14.7. The van der Waals surface area contributed by atoms with Crippen LogP contribution in [0.15, 0.2) is 53.4 Å². The van der Waals surface area contributed by atoms with E-state index in [1.807, 2.05) is 0 Å². The van der Waals surface area contributed by atoms with Crippen molar-refractivity contribution in [3.05, 3.63) is 48.5 Å². The highest BCUT2D eigenvalue weighted by atomic mass is 32.2. The molecule has 2 aromatic rings. The SMILES string of the molecule is CC(C)C(=O)Nc1cccc(OCC(=O)Nc2ccc(S(=O)(=O)N3CCOCC3)cc2)c1. The van der Waals surface area contributed by atoms with E-state index in [9.17, 15) is 18.0 Å². The summed E-state index contributed by atoms with van der Waals surface area (Å²) in [5.74, 6) is -0.223. The minimum Gasteiger partial charge on any atom is -0.484 e. The van der Waals surface area contributed by atoms with Gasteiger partial charge in [0, 0.05) is 36.4 Å². The zero-order valence-electron chi connectivity index (χ0n) is 18.0. The molecule has 10 heteroatoms. The first-order chi connectivity index (χ1) is 15.3. The van der Waals surface area contributed by atoms with Gasteiger partial charge in [-0.25, -0.2) is 8.42 Å². The van der Waals surface area contributed by atoms with E-state index < -0.39 is 15.9 Å². The van der Waals surface area contributed by atoms with Gasteiger partial charge in [0.25, 0.3) is 5.91 Å². The molecule has 1 aliphatic heterocycles. The van der Waals surface area contributed by atoms with Crippen LogP contribution in [-0.2, 0) is 24.3 Å². The average Bonchev–Trinajstić information content (AvgIpc) is 2.79. The number of morpholine rings is 1. The summed E-state index contributed by atoms with van der Waals surface area (Å²) in [5, 5.41) is 5.44. The van der Waals surface area contributed by atoms with Gasteiger partial charge in [-0.05, 0) is 36.4 Å². The number of sulfonamides is 1. The van der Waals surface area contributed by atoms with E-state index in [1.54, 1.807) is 38.1 Å². The molecule has 0 radical (unpaired) electrons. The van der Waals surface area contributed by atoms with Gasteiger partial charge in [-0.15, -0.1) is 0 Å². The molecule has 2 aromatic carbocycles. The second-order valence-electron chi connectivity index (χ2n) is 7.55. The summed E-state index contributed by atoms with van der Waals surface area (Å²) >= 11 is 0. The van der Waals surface area contributed by atoms with Gasteiger partial charge in [-0.3, -0.25) is 9.59 Å². The molecule has 1 fully saturated rings. The van der Waals surface area contributed by atoms with Gasteiger partial charge in [-0.1, -0.05) is 19.9 Å². The average molecular weight is 462 g/mol. The Bertz CT molecular complexity index is 1050. The lowest BCUT2D eigenvalue weighted by atomic mass is 10.2. The van der Waals surface area contributed by atoms with Crippen molar-refractivity contribution in [3.8, 4) is 5.75 Å². The van der Waals surface area contributed by atoms with Crippen LogP contribution < -0.4 is 15.4 Å². The van der Waals surface area contributed by atoms with E-state index in [-0.39, 0.29) is 23.3 Å². The van der Waals surface area contributed by atoms with Crippen LogP contribution in [0.3, 0.4) is 0 Å². The number of amides is 2. The fraction of sp³-hybridized carbons (Fsp3) is 0.364. The lowest BCUT2D eigenvalue weighted by Crippen LogP contribution is -2.40. The quantitative estimate of drug-likeness (QED) is 0.624. The van der Waals surface area contributed by atoms with E-state index in [0.717, 1.165) is 0 Å². The Morgan fingerprint density at radius 2 is 1.72 bits per heavy atom. The van der Waals surface area contributed by atoms with Crippen LogP contribution in [0.1, 0.15) is 13.8 Å². The Morgan fingerprint density at radius 3 is 2.38 bits per heavy atom. The molecule has 3 rings (SSSR count). The zero-order valence-corrected chi connectivity index (χ0v) is 18.9. The first-order valence-corrected chi connectivity index (χ1v) is 11.7. The molecule has 0 unspecified atom stereocenters. The molecule has 0 bridgehead atoms. The number of carbonyl (C=O) groups is 2. The first kappa shape index (κ1) is 23.7. The number of hydrogen-bond donors (Lipinski definition) is 2. The summed E-state index contributed by atoms with van der Waals surface area (Å²) in [6, 6.07) is 12.8. The molecule has 0 aliphatic carbocycles. The second-order valence-corrected chi connectivity index (χ2v) is 9.49. The molecule has 1 aliphatic rings. The number of ether oxygens (including phenoxy) is 2. The van der Waals surface area contributed by atoms with Crippen LogP contribution in [0.2, 0.25) is 0 Å². The van der Waals surface area contributed by atoms with Gasteiger partial charge < -0.3 is 20.1 Å². The number of carbonyl (C=O) groups excluding carboxylic acids is 2. The van der Waals surface area contributed by atoms with Gasteiger partial charge >= 0.3 is 0 Å². The van der Waals surface area contributed by atoms with Gasteiger partial charge in [0.2, 0.25) is 15.9 Å². The minimum absolute atomic E-state index is 0.112. The summed E-state index contributed by atoms with van der Waals surface area (Å²) in [4.78, 5) is 24.2. The molecule has 2 amide bonds. The highest BCUT2D eigenvalue weighted by molar-refractivity contribution is 7.89. The Kier molecular flexibility index (Phi) is 7.84. The summed E-state index contributed by atoms with van der Waals surface area (Å²) < 4.78 is 37.4. The van der Waals surface area contributed by atoms with E-state index in [2.05, 4.69) is 10.6 Å². The van der Waals surface area contributed by atoms with Crippen LogP contribution in [0.25, 0.3) is 0 Å². The standard InChI is InChI=1S/C22H27N3O6S/c1-16(2)22(27)24-18-4-3-5-19(14-18)31-15-21(26)23-17-6-8-20(9-7-17)32(28,29)25-10-12-30-13-11-25/h3-9,14,16H,10-13,15H2,1-2H3,(H,23,26)(H,24,27). The maximum atomic E-state index is 12.6. The van der Waals surface area contributed by atoms with Crippen molar-refractivity contribution in [1.29, 1.82) is 0 Å². The Morgan fingerprint density at radius 1 is 1.03 bits per heavy atom. The molecule has 1 saturated heterocycles. The zero-order chi connectivity index (χ0) is 23.1. The molecule has 1 heterocycles. The van der Waals surface area contributed by atoms with Gasteiger partial charge in [0.15, 0.2) is 6.61 Å². The molecule has 172 valence electrons. The predicted molar refractivity (Wildman–Crippen MR) is 120 cm³/mol. The van der Waals surface area contributed by atoms with E-state index in [1.165, 1.54) is 28.6 Å². The Labute approximate surface area is 187 Å². The van der Waals surface area contributed by atoms with E-state index in [4.69, 9.17) is 9.47 Å². The van der Waals surface area contributed by atoms with Crippen LogP contribution in [0.5, 0.6) is 5.75 Å². The van der Waals surface area contributed by atoms with Gasteiger partial charge in [0.05, 0.1) is 18.1 Å². The third-order valence-corrected chi connectivity index (χ3v) is 6.65. The topological polar surface area (TPSA) is 114 Å². The molecule has 0 aromatic heterocycles. The summed E-state index contributed by atoms with van der Waals surface area (Å²) in [7, 11) is -3.59. The number of hydrogen-bond acceptors (Lipinski definition) is 6. The molecule has 0 spiro atoms. The summed E-state index contributed by atoms with van der Waals surface area (Å²) in [6.07, 6.45) is 0. The second kappa shape index (κ2) is 10.6. The van der Waals surface area contributed by atoms with Crippen LogP contribution in [-0.4, -0.2) is 57.4 Å². The highest BCUT2D eigenvalue weighted by Gasteiger charge is 2.26. The van der Waals surface area contributed by atoms with Crippen molar-refractivity contribution in [2.24, 2.45) is 5.92 Å². The molecular formula is C22H27N3O6S. The Hall–Kier alpha value is -2.95. The highest BCUT2D eigenvalue weighted by Crippen LogP contribution is 2.20. The van der Waals surface area contributed by atoms with Crippen molar-refractivity contribution in [1.82, 2.24) is 4.31 Å². The van der Waals surface area contributed by atoms with Crippen molar-refractivity contribution >= 4 is 33.2 Å². The molecule has 0 saturated carbocycles. The minimum atomic E-state index is -3.59. The van der Waals surface area contributed by atoms with Crippen molar-refractivity contribution < 1.29 is 27.5 Å².